The van der Waals surface area contributed by atoms with Crippen LogP contribution >= 0.6 is 11.3 Å². The van der Waals surface area contributed by atoms with Crippen molar-refractivity contribution in [1.82, 2.24) is 9.55 Å². The van der Waals surface area contributed by atoms with Gasteiger partial charge in [-0.05, 0) is 31.2 Å². The summed E-state index contributed by atoms with van der Waals surface area (Å²) in [5.74, 6) is -0.170. The van der Waals surface area contributed by atoms with Crippen LogP contribution in [-0.2, 0) is 30.6 Å². The van der Waals surface area contributed by atoms with Crippen molar-refractivity contribution in [2.24, 2.45) is 0 Å². The Hall–Kier alpha value is -1.69. The minimum absolute atomic E-state index is 0.0455. The van der Waals surface area contributed by atoms with Crippen LogP contribution in [0.2, 0.25) is 0 Å². The molecule has 2 aromatic heterocycles. The Balaban J connectivity index is 2.17. The zero-order chi connectivity index (χ0) is 15.0. The highest BCUT2D eigenvalue weighted by molar-refractivity contribution is 7.18. The fourth-order valence-electron chi connectivity index (χ4n) is 2.97. The standard InChI is InChI=1S/C15H18N2O3S/c1-2-4-11-16-14-13(9-5-3-6-10(9)21-14)15(20)17(11)8-7-12(18)19/h2-8H2,1H3,(H,18,19). The van der Waals surface area contributed by atoms with E-state index in [-0.39, 0.29) is 18.5 Å². The molecule has 0 bridgehead atoms. The Labute approximate surface area is 126 Å². The number of rotatable bonds is 5. The first-order valence-electron chi connectivity index (χ1n) is 7.37. The van der Waals surface area contributed by atoms with Gasteiger partial charge in [-0.2, -0.15) is 0 Å². The van der Waals surface area contributed by atoms with Gasteiger partial charge in [0.15, 0.2) is 0 Å². The molecule has 0 saturated heterocycles. The highest BCUT2D eigenvalue weighted by atomic mass is 32.1. The molecule has 3 rings (SSSR count). The van der Waals surface area contributed by atoms with Gasteiger partial charge in [-0.15, -0.1) is 11.3 Å². The smallest absolute Gasteiger partial charge is 0.305 e. The second-order valence-corrected chi connectivity index (χ2v) is 6.50. The van der Waals surface area contributed by atoms with E-state index in [0.717, 1.165) is 47.3 Å². The molecule has 0 saturated carbocycles. The van der Waals surface area contributed by atoms with Crippen molar-refractivity contribution < 1.29 is 9.90 Å². The second-order valence-electron chi connectivity index (χ2n) is 5.42. The number of carboxylic acid groups (broad SMARTS) is 1. The summed E-state index contributed by atoms with van der Waals surface area (Å²) in [5.41, 5.74) is 1.10. The number of fused-ring (bicyclic) bond motifs is 3. The van der Waals surface area contributed by atoms with E-state index in [4.69, 9.17) is 5.11 Å². The molecule has 112 valence electrons. The predicted octanol–water partition coefficient (Wildman–Crippen LogP) is 2.37. The number of aryl methyl sites for hydroxylation is 3. The zero-order valence-corrected chi connectivity index (χ0v) is 12.8. The third-order valence-corrected chi connectivity index (χ3v) is 5.11. The maximum Gasteiger partial charge on any atom is 0.305 e. The minimum atomic E-state index is -0.889. The molecule has 0 aliphatic heterocycles. The summed E-state index contributed by atoms with van der Waals surface area (Å²) in [6, 6.07) is 0. The lowest BCUT2D eigenvalue weighted by atomic mass is 10.2. The van der Waals surface area contributed by atoms with Crippen molar-refractivity contribution in [3.63, 3.8) is 0 Å². The molecule has 0 fully saturated rings. The van der Waals surface area contributed by atoms with Gasteiger partial charge in [0.2, 0.25) is 0 Å². The molecule has 0 aromatic carbocycles. The summed E-state index contributed by atoms with van der Waals surface area (Å²) in [6.07, 6.45) is 4.62. The molecule has 0 spiro atoms. The van der Waals surface area contributed by atoms with Gasteiger partial charge in [0, 0.05) is 17.8 Å². The number of hydrogen-bond donors (Lipinski definition) is 1. The highest BCUT2D eigenvalue weighted by Gasteiger charge is 2.23. The maximum atomic E-state index is 12.8. The summed E-state index contributed by atoms with van der Waals surface area (Å²) >= 11 is 1.63. The van der Waals surface area contributed by atoms with Gasteiger partial charge in [-0.1, -0.05) is 6.92 Å². The maximum absolute atomic E-state index is 12.8. The molecule has 1 aliphatic carbocycles. The van der Waals surface area contributed by atoms with Crippen LogP contribution in [0.3, 0.4) is 0 Å². The average Bonchev–Trinajstić information content (AvgIpc) is 2.98. The number of carbonyl (C=O) groups is 1. The summed E-state index contributed by atoms with van der Waals surface area (Å²) in [5, 5.41) is 9.61. The Morgan fingerprint density at radius 2 is 2.24 bits per heavy atom. The molecule has 0 atom stereocenters. The van der Waals surface area contributed by atoms with Crippen molar-refractivity contribution in [2.75, 3.05) is 0 Å². The molecule has 21 heavy (non-hydrogen) atoms. The molecule has 6 heteroatoms. The minimum Gasteiger partial charge on any atom is -0.481 e. The van der Waals surface area contributed by atoms with E-state index < -0.39 is 5.97 Å². The van der Waals surface area contributed by atoms with E-state index in [1.807, 2.05) is 6.92 Å². The molecular formula is C15H18N2O3S. The highest BCUT2D eigenvalue weighted by Crippen LogP contribution is 2.34. The van der Waals surface area contributed by atoms with Crippen LogP contribution in [0.25, 0.3) is 10.2 Å². The van der Waals surface area contributed by atoms with Crippen LogP contribution in [0, 0.1) is 0 Å². The van der Waals surface area contributed by atoms with Crippen LogP contribution in [0.4, 0.5) is 0 Å². The lowest BCUT2D eigenvalue weighted by Crippen LogP contribution is -2.26. The largest absolute Gasteiger partial charge is 0.481 e. The first-order chi connectivity index (χ1) is 10.1. The van der Waals surface area contributed by atoms with Crippen LogP contribution in [-0.4, -0.2) is 20.6 Å². The van der Waals surface area contributed by atoms with Gasteiger partial charge < -0.3 is 5.11 Å². The van der Waals surface area contributed by atoms with Crippen molar-refractivity contribution in [3.8, 4) is 0 Å². The Morgan fingerprint density at radius 3 is 2.95 bits per heavy atom. The molecular weight excluding hydrogens is 288 g/mol. The molecule has 5 nitrogen and oxygen atoms in total. The summed E-state index contributed by atoms with van der Waals surface area (Å²) in [7, 11) is 0. The van der Waals surface area contributed by atoms with Gasteiger partial charge in [-0.25, -0.2) is 4.98 Å². The number of aliphatic carboxylic acids is 1. The van der Waals surface area contributed by atoms with Crippen molar-refractivity contribution in [3.05, 3.63) is 26.6 Å². The zero-order valence-electron chi connectivity index (χ0n) is 12.0. The van der Waals surface area contributed by atoms with E-state index in [1.54, 1.807) is 15.9 Å². The monoisotopic (exact) mass is 306 g/mol. The van der Waals surface area contributed by atoms with Crippen LogP contribution in [0.1, 0.15) is 42.5 Å². The topological polar surface area (TPSA) is 72.2 Å². The second kappa shape index (κ2) is 5.60. The van der Waals surface area contributed by atoms with Crippen molar-refractivity contribution in [1.29, 1.82) is 0 Å². The summed E-state index contributed by atoms with van der Waals surface area (Å²) < 4.78 is 1.57. The van der Waals surface area contributed by atoms with E-state index in [0.29, 0.717) is 6.42 Å². The first kappa shape index (κ1) is 14.3. The van der Waals surface area contributed by atoms with Gasteiger partial charge in [-0.3, -0.25) is 14.2 Å². The molecule has 1 N–H and O–H groups in total. The molecule has 1 aliphatic rings. The Kier molecular flexibility index (Phi) is 3.80. The normalized spacial score (nSPS) is 13.8. The predicted molar refractivity (Wildman–Crippen MR) is 82.2 cm³/mol. The molecule has 0 amide bonds. The fraction of sp³-hybridized carbons (Fsp3) is 0.533. The third-order valence-electron chi connectivity index (χ3n) is 3.93. The van der Waals surface area contributed by atoms with Crippen LogP contribution < -0.4 is 5.56 Å². The van der Waals surface area contributed by atoms with Gasteiger partial charge in [0.05, 0.1) is 11.8 Å². The third kappa shape index (κ3) is 2.48. The van der Waals surface area contributed by atoms with Crippen LogP contribution in [0.5, 0.6) is 0 Å². The molecule has 2 aromatic rings. The van der Waals surface area contributed by atoms with Crippen molar-refractivity contribution >= 4 is 27.5 Å². The van der Waals surface area contributed by atoms with E-state index in [2.05, 4.69) is 4.98 Å². The fourth-order valence-corrected chi connectivity index (χ4v) is 4.24. The summed E-state index contributed by atoms with van der Waals surface area (Å²) in [6.45, 7) is 2.24. The quantitative estimate of drug-likeness (QED) is 0.920. The first-order valence-corrected chi connectivity index (χ1v) is 8.19. The van der Waals surface area contributed by atoms with E-state index in [9.17, 15) is 9.59 Å². The van der Waals surface area contributed by atoms with Crippen LogP contribution in [0.15, 0.2) is 4.79 Å². The summed E-state index contributed by atoms with van der Waals surface area (Å²) in [4.78, 5) is 30.4. The lowest BCUT2D eigenvalue weighted by molar-refractivity contribution is -0.137. The SMILES string of the molecule is CCCc1nc2sc3c(c2c(=O)n1CCC(=O)O)CCC3. The average molecular weight is 306 g/mol. The number of thiophene rings is 1. The van der Waals surface area contributed by atoms with E-state index >= 15 is 0 Å². The molecule has 0 unspecified atom stereocenters. The number of nitrogens with zero attached hydrogens (tertiary/aromatic N) is 2. The van der Waals surface area contributed by atoms with Gasteiger partial charge in [0.25, 0.3) is 5.56 Å². The Morgan fingerprint density at radius 1 is 1.43 bits per heavy atom. The van der Waals surface area contributed by atoms with E-state index in [1.165, 1.54) is 4.88 Å². The number of aromatic nitrogens is 2. The molecule has 0 radical (unpaired) electrons. The van der Waals surface area contributed by atoms with Crippen molar-refractivity contribution in [2.45, 2.75) is 52.0 Å². The number of hydrogen-bond acceptors (Lipinski definition) is 4. The molecule has 2 heterocycles. The Bertz CT molecular complexity index is 760. The number of carboxylic acids is 1. The van der Waals surface area contributed by atoms with Gasteiger partial charge >= 0.3 is 5.97 Å². The lowest BCUT2D eigenvalue weighted by Gasteiger charge is -2.11. The van der Waals surface area contributed by atoms with Gasteiger partial charge in [0.1, 0.15) is 10.7 Å².